The predicted molar refractivity (Wildman–Crippen MR) is 72.3 cm³/mol. The number of anilines is 1. The van der Waals surface area contributed by atoms with Gasteiger partial charge in [-0.15, -0.1) is 0 Å². The molecule has 2 rings (SSSR count). The fourth-order valence-electron chi connectivity index (χ4n) is 1.55. The summed E-state index contributed by atoms with van der Waals surface area (Å²) in [6.45, 7) is 3.13. The molecule has 0 radical (unpaired) electrons. The summed E-state index contributed by atoms with van der Waals surface area (Å²) in [6.07, 6.45) is 3.45. The molecule has 0 fully saturated rings. The van der Waals surface area contributed by atoms with Gasteiger partial charge in [0.2, 0.25) is 0 Å². The average Bonchev–Trinajstić information content (AvgIpc) is 2.68. The van der Waals surface area contributed by atoms with Crippen molar-refractivity contribution in [1.29, 1.82) is 0 Å². The fourth-order valence-corrected chi connectivity index (χ4v) is 1.55. The molecule has 0 spiro atoms. The van der Waals surface area contributed by atoms with E-state index in [1.807, 2.05) is 12.1 Å². The van der Waals surface area contributed by atoms with Crippen molar-refractivity contribution >= 4 is 23.8 Å². The molecule has 0 aliphatic heterocycles. The highest BCUT2D eigenvalue weighted by Gasteiger charge is 2.07. The highest BCUT2D eigenvalue weighted by molar-refractivity contribution is 5.77. The molecule has 1 heterocycles. The van der Waals surface area contributed by atoms with Crippen LogP contribution in [0.5, 0.6) is 5.75 Å². The van der Waals surface area contributed by atoms with E-state index in [9.17, 15) is 4.79 Å². The van der Waals surface area contributed by atoms with E-state index in [2.05, 4.69) is 5.16 Å². The first kappa shape index (κ1) is 12.9. The molecule has 0 bridgehead atoms. The molecular formula is C14H14N2O3. The number of carbonyl (C=O) groups excluding carboxylic acids is 1. The minimum Gasteiger partial charge on any atom is -0.426 e. The van der Waals surface area contributed by atoms with Crippen molar-refractivity contribution in [2.24, 2.45) is 0 Å². The van der Waals surface area contributed by atoms with Gasteiger partial charge in [-0.05, 0) is 25.1 Å². The van der Waals surface area contributed by atoms with E-state index < -0.39 is 0 Å². The summed E-state index contributed by atoms with van der Waals surface area (Å²) in [4.78, 5) is 11.0. The summed E-state index contributed by atoms with van der Waals surface area (Å²) in [7, 11) is 0. The molecule has 5 nitrogen and oxygen atoms in total. The van der Waals surface area contributed by atoms with Crippen molar-refractivity contribution in [3.63, 3.8) is 0 Å². The van der Waals surface area contributed by atoms with Gasteiger partial charge in [-0.25, -0.2) is 0 Å². The first-order valence-electron chi connectivity index (χ1n) is 5.75. The number of aromatic nitrogens is 1. The van der Waals surface area contributed by atoms with Crippen LogP contribution in [0.3, 0.4) is 0 Å². The van der Waals surface area contributed by atoms with Crippen LogP contribution in [0.2, 0.25) is 0 Å². The molecule has 1 aromatic carbocycles. The Balaban J connectivity index is 2.28. The van der Waals surface area contributed by atoms with Gasteiger partial charge in [-0.2, -0.15) is 0 Å². The molecule has 0 saturated heterocycles. The third-order valence-corrected chi connectivity index (χ3v) is 2.52. The molecule has 19 heavy (non-hydrogen) atoms. The lowest BCUT2D eigenvalue weighted by Gasteiger charge is -2.04. The topological polar surface area (TPSA) is 78.3 Å². The average molecular weight is 258 g/mol. The zero-order valence-electron chi connectivity index (χ0n) is 10.7. The van der Waals surface area contributed by atoms with Crippen LogP contribution in [-0.2, 0) is 4.79 Å². The number of hydrogen-bond donors (Lipinski definition) is 1. The Hall–Kier alpha value is -2.56. The molecule has 2 N–H and O–H groups in total. The van der Waals surface area contributed by atoms with Crippen LogP contribution in [-0.4, -0.2) is 11.1 Å². The van der Waals surface area contributed by atoms with E-state index in [1.165, 1.54) is 6.92 Å². The van der Waals surface area contributed by atoms with Crippen molar-refractivity contribution in [1.82, 2.24) is 5.16 Å². The molecule has 5 heteroatoms. The number of para-hydroxylation sites is 1. The highest BCUT2D eigenvalue weighted by Crippen LogP contribution is 2.23. The number of rotatable bonds is 3. The quantitative estimate of drug-likeness (QED) is 0.676. The Morgan fingerprint density at radius 1 is 1.37 bits per heavy atom. The second-order valence-electron chi connectivity index (χ2n) is 4.01. The first-order valence-corrected chi connectivity index (χ1v) is 5.75. The van der Waals surface area contributed by atoms with Gasteiger partial charge in [-0.3, -0.25) is 4.79 Å². The van der Waals surface area contributed by atoms with Crippen LogP contribution >= 0.6 is 0 Å². The smallest absolute Gasteiger partial charge is 0.308 e. The van der Waals surface area contributed by atoms with Crippen molar-refractivity contribution in [3.8, 4) is 5.75 Å². The van der Waals surface area contributed by atoms with E-state index >= 15 is 0 Å². The molecule has 0 amide bonds. The maximum absolute atomic E-state index is 11.0. The highest BCUT2D eigenvalue weighted by atomic mass is 16.5. The van der Waals surface area contributed by atoms with Gasteiger partial charge in [-0.1, -0.05) is 23.4 Å². The van der Waals surface area contributed by atoms with Crippen molar-refractivity contribution < 1.29 is 14.1 Å². The first-order chi connectivity index (χ1) is 9.08. The second-order valence-corrected chi connectivity index (χ2v) is 4.01. The zero-order chi connectivity index (χ0) is 13.8. The molecule has 0 atom stereocenters. The normalized spacial score (nSPS) is 10.8. The lowest BCUT2D eigenvalue weighted by atomic mass is 10.1. The molecule has 98 valence electrons. The summed E-state index contributed by atoms with van der Waals surface area (Å²) in [5.41, 5.74) is 7.70. The number of hydrogen-bond acceptors (Lipinski definition) is 5. The number of nitrogens with two attached hydrogens (primary N) is 1. The predicted octanol–water partition coefficient (Wildman–Crippen LogP) is 2.66. The van der Waals surface area contributed by atoms with Crippen LogP contribution in [0.1, 0.15) is 23.9 Å². The van der Waals surface area contributed by atoms with E-state index in [1.54, 1.807) is 31.2 Å². The minimum absolute atomic E-state index is 0.365. The molecule has 0 aliphatic carbocycles. The van der Waals surface area contributed by atoms with Crippen LogP contribution in [0.15, 0.2) is 28.8 Å². The molecule has 1 aromatic heterocycles. The minimum atomic E-state index is -0.365. The molecule has 0 saturated carbocycles. The van der Waals surface area contributed by atoms with Gasteiger partial charge >= 0.3 is 5.97 Å². The summed E-state index contributed by atoms with van der Waals surface area (Å²) >= 11 is 0. The van der Waals surface area contributed by atoms with Crippen LogP contribution < -0.4 is 10.5 Å². The summed E-state index contributed by atoms with van der Waals surface area (Å²) in [6, 6.07) is 7.19. The Bertz CT molecular complexity index is 629. The van der Waals surface area contributed by atoms with E-state index in [-0.39, 0.29) is 5.97 Å². The van der Waals surface area contributed by atoms with Crippen molar-refractivity contribution in [2.45, 2.75) is 13.8 Å². The zero-order valence-corrected chi connectivity index (χ0v) is 10.7. The molecule has 0 unspecified atom stereocenters. The van der Waals surface area contributed by atoms with Gasteiger partial charge in [0.1, 0.15) is 17.1 Å². The SMILES string of the molecule is CC(=O)Oc1ccccc1/C=C/c1onc(C)c1N. The number of aryl methyl sites for hydroxylation is 1. The Kier molecular flexibility index (Phi) is 3.66. The number of carbonyl (C=O) groups is 1. The van der Waals surface area contributed by atoms with Gasteiger partial charge in [0.25, 0.3) is 0 Å². The number of ether oxygens (including phenoxy) is 1. The van der Waals surface area contributed by atoms with Crippen LogP contribution in [0.4, 0.5) is 5.69 Å². The molecule has 2 aromatic rings. The Morgan fingerprint density at radius 2 is 2.11 bits per heavy atom. The fraction of sp³-hybridized carbons (Fsp3) is 0.143. The second kappa shape index (κ2) is 5.39. The third kappa shape index (κ3) is 3.01. The van der Waals surface area contributed by atoms with E-state index in [0.717, 1.165) is 5.56 Å². The number of nitrogens with zero attached hydrogens (tertiary/aromatic N) is 1. The summed E-state index contributed by atoms with van der Waals surface area (Å²) in [5.74, 6) is 0.604. The van der Waals surface area contributed by atoms with Crippen LogP contribution in [0.25, 0.3) is 12.2 Å². The lowest BCUT2D eigenvalue weighted by molar-refractivity contribution is -0.131. The standard InChI is InChI=1S/C14H14N2O3/c1-9-14(15)13(19-16-9)8-7-11-5-3-4-6-12(11)18-10(2)17/h3-8H,15H2,1-2H3/b8-7+. The number of nitrogen functional groups attached to an aromatic ring is 1. The largest absolute Gasteiger partial charge is 0.426 e. The number of esters is 1. The number of benzene rings is 1. The summed E-state index contributed by atoms with van der Waals surface area (Å²) in [5, 5.41) is 3.76. The molecule has 0 aliphatic rings. The van der Waals surface area contributed by atoms with Crippen molar-refractivity contribution in [2.75, 3.05) is 5.73 Å². The maximum Gasteiger partial charge on any atom is 0.308 e. The Morgan fingerprint density at radius 3 is 2.74 bits per heavy atom. The van der Waals surface area contributed by atoms with Gasteiger partial charge < -0.3 is 15.0 Å². The monoisotopic (exact) mass is 258 g/mol. The lowest BCUT2D eigenvalue weighted by Crippen LogP contribution is -2.02. The van der Waals surface area contributed by atoms with Gasteiger partial charge in [0, 0.05) is 12.5 Å². The van der Waals surface area contributed by atoms with Gasteiger partial charge in [0.05, 0.1) is 0 Å². The summed E-state index contributed by atoms with van der Waals surface area (Å²) < 4.78 is 10.2. The Labute approximate surface area is 110 Å². The van der Waals surface area contributed by atoms with E-state index in [0.29, 0.717) is 22.9 Å². The van der Waals surface area contributed by atoms with Gasteiger partial charge in [0.15, 0.2) is 5.76 Å². The molecular weight excluding hydrogens is 244 g/mol. The van der Waals surface area contributed by atoms with Crippen LogP contribution in [0, 0.1) is 6.92 Å². The van der Waals surface area contributed by atoms with E-state index in [4.69, 9.17) is 15.0 Å². The van der Waals surface area contributed by atoms with Crippen molar-refractivity contribution in [3.05, 3.63) is 41.3 Å². The maximum atomic E-state index is 11.0. The third-order valence-electron chi connectivity index (χ3n) is 2.52.